The van der Waals surface area contributed by atoms with Gasteiger partial charge in [0.1, 0.15) is 0 Å². The number of halogens is 2. The number of hydrogen-bond acceptors (Lipinski definition) is 2. The Bertz CT molecular complexity index is 409. The van der Waals surface area contributed by atoms with Crippen molar-refractivity contribution in [3.63, 3.8) is 0 Å². The van der Waals surface area contributed by atoms with Crippen LogP contribution in [0.25, 0.3) is 0 Å². The van der Waals surface area contributed by atoms with Crippen molar-refractivity contribution >= 4 is 29.2 Å². The molecular formula is C12H15Cl2NO2. The van der Waals surface area contributed by atoms with Crippen molar-refractivity contribution in [1.82, 2.24) is 0 Å². The van der Waals surface area contributed by atoms with E-state index in [-0.39, 0.29) is 18.4 Å². The van der Waals surface area contributed by atoms with Crippen LogP contribution in [0.15, 0.2) is 18.2 Å². The largest absolute Gasteiger partial charge is 0.481 e. The topological polar surface area (TPSA) is 63.3 Å². The predicted molar refractivity (Wildman–Crippen MR) is 69.6 cm³/mol. The van der Waals surface area contributed by atoms with Gasteiger partial charge in [-0.1, -0.05) is 36.2 Å². The molecule has 0 heterocycles. The van der Waals surface area contributed by atoms with Crippen LogP contribution in [0.2, 0.25) is 10.0 Å². The number of hydrogen-bond donors (Lipinski definition) is 2. The summed E-state index contributed by atoms with van der Waals surface area (Å²) < 4.78 is 0. The molecule has 0 aromatic heterocycles. The highest BCUT2D eigenvalue weighted by atomic mass is 35.5. The van der Waals surface area contributed by atoms with E-state index in [0.717, 1.165) is 5.56 Å². The van der Waals surface area contributed by atoms with Gasteiger partial charge in [-0.15, -0.1) is 0 Å². The second-order valence-electron chi connectivity index (χ2n) is 4.19. The molecule has 0 aliphatic heterocycles. The number of carbonyl (C=O) groups is 1. The van der Waals surface area contributed by atoms with Crippen LogP contribution in [0, 0.1) is 5.92 Å². The van der Waals surface area contributed by atoms with Crippen molar-refractivity contribution in [3.8, 4) is 0 Å². The number of rotatable bonds is 5. The molecule has 0 bridgehead atoms. The first-order chi connectivity index (χ1) is 7.90. The summed E-state index contributed by atoms with van der Waals surface area (Å²) in [5.41, 5.74) is 6.80. The molecule has 1 aromatic rings. The fourth-order valence-electron chi connectivity index (χ4n) is 1.59. The summed E-state index contributed by atoms with van der Waals surface area (Å²) in [4.78, 5) is 10.5. The van der Waals surface area contributed by atoms with Gasteiger partial charge in [0.05, 0.1) is 16.5 Å². The van der Waals surface area contributed by atoms with E-state index in [1.807, 2.05) is 13.0 Å². The Morgan fingerprint density at radius 3 is 2.59 bits per heavy atom. The lowest BCUT2D eigenvalue weighted by Crippen LogP contribution is -2.32. The van der Waals surface area contributed by atoms with Crippen LogP contribution in [-0.2, 0) is 11.2 Å². The van der Waals surface area contributed by atoms with Gasteiger partial charge in [-0.3, -0.25) is 4.79 Å². The molecule has 5 heteroatoms. The zero-order valence-electron chi connectivity index (χ0n) is 9.49. The van der Waals surface area contributed by atoms with E-state index in [0.29, 0.717) is 16.5 Å². The molecule has 1 rings (SSSR count). The summed E-state index contributed by atoms with van der Waals surface area (Å²) in [6.07, 6.45) is 0.661. The average Bonchev–Trinajstić information content (AvgIpc) is 2.22. The molecule has 17 heavy (non-hydrogen) atoms. The highest BCUT2D eigenvalue weighted by molar-refractivity contribution is 6.42. The molecule has 3 nitrogen and oxygen atoms in total. The van der Waals surface area contributed by atoms with Crippen LogP contribution in [0.3, 0.4) is 0 Å². The van der Waals surface area contributed by atoms with E-state index in [4.69, 9.17) is 34.0 Å². The maximum atomic E-state index is 10.5. The van der Waals surface area contributed by atoms with Gasteiger partial charge in [0.25, 0.3) is 0 Å². The van der Waals surface area contributed by atoms with E-state index in [1.54, 1.807) is 12.1 Å². The quantitative estimate of drug-likeness (QED) is 0.869. The normalized spacial score (nSPS) is 14.4. The van der Waals surface area contributed by atoms with E-state index < -0.39 is 5.97 Å². The van der Waals surface area contributed by atoms with E-state index in [1.165, 1.54) is 0 Å². The first-order valence-electron chi connectivity index (χ1n) is 5.31. The third-order valence-corrected chi connectivity index (χ3v) is 3.42. The Hall–Kier alpha value is -0.770. The molecule has 0 fully saturated rings. The molecule has 0 aliphatic carbocycles. The van der Waals surface area contributed by atoms with Gasteiger partial charge in [-0.2, -0.15) is 0 Å². The van der Waals surface area contributed by atoms with E-state index >= 15 is 0 Å². The molecule has 0 spiro atoms. The number of nitrogens with two attached hydrogens (primary N) is 1. The Balaban J connectivity index is 2.64. The summed E-state index contributed by atoms with van der Waals surface area (Å²) in [5, 5.41) is 9.68. The lowest BCUT2D eigenvalue weighted by atomic mass is 9.92. The van der Waals surface area contributed by atoms with Crippen LogP contribution < -0.4 is 5.73 Å². The summed E-state index contributed by atoms with van der Waals surface area (Å²) in [5.74, 6) is -0.804. The standard InChI is InChI=1S/C12H15Cl2NO2/c1-7(11(15)6-12(16)17)4-8-2-3-9(13)10(14)5-8/h2-3,5,7,11H,4,6,15H2,1H3,(H,16,17). The zero-order chi connectivity index (χ0) is 13.0. The molecule has 0 amide bonds. The third kappa shape index (κ3) is 4.54. The minimum absolute atomic E-state index is 0.0253. The number of benzene rings is 1. The smallest absolute Gasteiger partial charge is 0.304 e. The summed E-state index contributed by atoms with van der Waals surface area (Å²) in [6.45, 7) is 1.93. The van der Waals surface area contributed by atoms with Gasteiger partial charge in [-0.25, -0.2) is 0 Å². The second-order valence-corrected chi connectivity index (χ2v) is 5.01. The molecule has 2 unspecified atom stereocenters. The third-order valence-electron chi connectivity index (χ3n) is 2.68. The maximum absolute atomic E-state index is 10.5. The zero-order valence-corrected chi connectivity index (χ0v) is 11.0. The van der Waals surface area contributed by atoms with Crippen LogP contribution >= 0.6 is 23.2 Å². The first kappa shape index (κ1) is 14.3. The van der Waals surface area contributed by atoms with Gasteiger partial charge in [-0.05, 0) is 30.0 Å². The Morgan fingerprint density at radius 2 is 2.06 bits per heavy atom. The van der Waals surface area contributed by atoms with Crippen LogP contribution in [0.1, 0.15) is 18.9 Å². The maximum Gasteiger partial charge on any atom is 0.304 e. The minimum Gasteiger partial charge on any atom is -0.481 e. The fourth-order valence-corrected chi connectivity index (χ4v) is 1.91. The van der Waals surface area contributed by atoms with Crippen LogP contribution in [-0.4, -0.2) is 17.1 Å². The molecule has 0 saturated carbocycles. The molecule has 2 atom stereocenters. The molecule has 0 radical (unpaired) electrons. The van der Waals surface area contributed by atoms with Crippen molar-refractivity contribution in [1.29, 1.82) is 0 Å². The van der Waals surface area contributed by atoms with Gasteiger partial charge >= 0.3 is 5.97 Å². The summed E-state index contributed by atoms with van der Waals surface area (Å²) >= 11 is 11.7. The van der Waals surface area contributed by atoms with Gasteiger partial charge < -0.3 is 10.8 Å². The first-order valence-corrected chi connectivity index (χ1v) is 6.07. The summed E-state index contributed by atoms with van der Waals surface area (Å²) in [6, 6.07) is 5.03. The van der Waals surface area contributed by atoms with Gasteiger partial charge in [0.15, 0.2) is 0 Å². The molecule has 1 aromatic carbocycles. The van der Waals surface area contributed by atoms with E-state index in [9.17, 15) is 4.79 Å². The molecular weight excluding hydrogens is 261 g/mol. The highest BCUT2D eigenvalue weighted by Gasteiger charge is 2.16. The Labute approximate surface area is 111 Å². The van der Waals surface area contributed by atoms with Crippen molar-refractivity contribution in [2.75, 3.05) is 0 Å². The summed E-state index contributed by atoms with van der Waals surface area (Å²) in [7, 11) is 0. The fraction of sp³-hybridized carbons (Fsp3) is 0.417. The Morgan fingerprint density at radius 1 is 1.41 bits per heavy atom. The molecule has 3 N–H and O–H groups in total. The monoisotopic (exact) mass is 275 g/mol. The van der Waals surface area contributed by atoms with Crippen molar-refractivity contribution in [2.45, 2.75) is 25.8 Å². The molecule has 0 saturated heterocycles. The van der Waals surface area contributed by atoms with Crippen molar-refractivity contribution in [2.24, 2.45) is 11.7 Å². The van der Waals surface area contributed by atoms with Gasteiger partial charge in [0.2, 0.25) is 0 Å². The molecule has 0 aliphatic rings. The van der Waals surface area contributed by atoms with Crippen LogP contribution in [0.5, 0.6) is 0 Å². The van der Waals surface area contributed by atoms with Crippen molar-refractivity contribution in [3.05, 3.63) is 33.8 Å². The lowest BCUT2D eigenvalue weighted by Gasteiger charge is -2.18. The average molecular weight is 276 g/mol. The second kappa shape index (κ2) is 6.24. The van der Waals surface area contributed by atoms with Crippen molar-refractivity contribution < 1.29 is 9.90 Å². The highest BCUT2D eigenvalue weighted by Crippen LogP contribution is 2.24. The predicted octanol–water partition coefficient (Wildman–Crippen LogP) is 2.97. The van der Waals surface area contributed by atoms with Crippen LogP contribution in [0.4, 0.5) is 0 Å². The number of aliphatic carboxylic acids is 1. The molecule has 94 valence electrons. The lowest BCUT2D eigenvalue weighted by molar-refractivity contribution is -0.137. The van der Waals surface area contributed by atoms with E-state index in [2.05, 4.69) is 0 Å². The number of carboxylic acid groups (broad SMARTS) is 1. The SMILES string of the molecule is CC(Cc1ccc(Cl)c(Cl)c1)C(N)CC(=O)O. The minimum atomic E-state index is -0.876. The van der Waals surface area contributed by atoms with Gasteiger partial charge in [0, 0.05) is 6.04 Å². The number of carboxylic acids is 1. The Kier molecular flexibility index (Phi) is 5.25.